The third kappa shape index (κ3) is 4.81. The highest BCUT2D eigenvalue weighted by atomic mass is 31.2. The molecule has 0 bridgehead atoms. The smallest absolute Gasteiger partial charge is 0.386 e. The van der Waals surface area contributed by atoms with Gasteiger partial charge in [-0.2, -0.15) is 4.57 Å². The Bertz CT molecular complexity index is 1230. The van der Waals surface area contributed by atoms with Gasteiger partial charge >= 0.3 is 7.82 Å². The molecule has 31 heavy (non-hydrogen) atoms. The summed E-state index contributed by atoms with van der Waals surface area (Å²) in [6.07, 6.45) is 1.16. The van der Waals surface area contributed by atoms with E-state index in [9.17, 15) is 9.36 Å². The van der Waals surface area contributed by atoms with Crippen molar-refractivity contribution >= 4 is 18.7 Å². The molecule has 0 aliphatic carbocycles. The molecule has 0 aliphatic heterocycles. The molecular formula is C24H22NO5P. The van der Waals surface area contributed by atoms with Crippen molar-refractivity contribution in [1.82, 2.24) is 4.98 Å². The van der Waals surface area contributed by atoms with Crippen molar-refractivity contribution in [3.8, 4) is 17.2 Å². The summed E-state index contributed by atoms with van der Waals surface area (Å²) in [5, 5.41) is 0.624. The lowest BCUT2D eigenvalue weighted by Gasteiger charge is -2.21. The first kappa shape index (κ1) is 20.8. The van der Waals surface area contributed by atoms with E-state index >= 15 is 0 Å². The Hall–Kier alpha value is -3.50. The van der Waals surface area contributed by atoms with E-state index in [4.69, 9.17) is 13.6 Å². The standard InChI is InChI=1S/C24H22NO5P/c1-2-11-21-23(20-16-9-10-17-22(20)25-24(21)26)30-31(27,28-18-12-5-3-6-13-18)29-19-14-7-4-8-15-19/h3-10,12-17H,2,11H2,1H3,(H,25,26). The molecule has 4 rings (SSSR count). The number of aromatic nitrogens is 1. The molecule has 0 unspecified atom stereocenters. The first-order valence-electron chi connectivity index (χ1n) is 10.0. The van der Waals surface area contributed by atoms with Crippen LogP contribution in [0.3, 0.4) is 0 Å². The maximum Gasteiger partial charge on any atom is 0.647 e. The van der Waals surface area contributed by atoms with Crippen molar-refractivity contribution in [2.24, 2.45) is 0 Å². The van der Waals surface area contributed by atoms with Gasteiger partial charge in [-0.3, -0.25) is 4.79 Å². The van der Waals surface area contributed by atoms with Crippen LogP contribution in [0.5, 0.6) is 17.2 Å². The van der Waals surface area contributed by atoms with E-state index in [0.29, 0.717) is 40.8 Å². The van der Waals surface area contributed by atoms with Crippen LogP contribution in [0, 0.1) is 0 Å². The lowest BCUT2D eigenvalue weighted by Crippen LogP contribution is -2.16. The molecule has 0 amide bonds. The second-order valence-electron chi connectivity index (χ2n) is 6.90. The van der Waals surface area contributed by atoms with Gasteiger partial charge in [-0.15, -0.1) is 0 Å². The summed E-state index contributed by atoms with van der Waals surface area (Å²) in [5.74, 6) is 0.859. The summed E-state index contributed by atoms with van der Waals surface area (Å²) < 4.78 is 31.3. The molecule has 4 aromatic rings. The molecular weight excluding hydrogens is 413 g/mol. The highest BCUT2D eigenvalue weighted by Gasteiger charge is 2.35. The summed E-state index contributed by atoms with van der Waals surface area (Å²) >= 11 is 0. The van der Waals surface area contributed by atoms with Crippen LogP contribution in [-0.2, 0) is 11.0 Å². The second kappa shape index (κ2) is 9.11. The molecule has 7 heteroatoms. The molecule has 1 aromatic heterocycles. The summed E-state index contributed by atoms with van der Waals surface area (Å²) in [6, 6.07) is 24.5. The molecule has 3 aromatic carbocycles. The van der Waals surface area contributed by atoms with Crippen LogP contribution < -0.4 is 19.1 Å². The molecule has 0 fully saturated rings. The summed E-state index contributed by atoms with van der Waals surface area (Å²) in [7, 11) is -4.21. The van der Waals surface area contributed by atoms with Crippen LogP contribution in [0.2, 0.25) is 0 Å². The zero-order valence-electron chi connectivity index (χ0n) is 17.0. The summed E-state index contributed by atoms with van der Waals surface area (Å²) in [6.45, 7) is 1.96. The van der Waals surface area contributed by atoms with E-state index in [1.54, 1.807) is 60.7 Å². The Morgan fingerprint density at radius 3 is 1.90 bits per heavy atom. The van der Waals surface area contributed by atoms with Gasteiger partial charge in [0.15, 0.2) is 5.75 Å². The molecule has 1 heterocycles. The second-order valence-corrected chi connectivity index (χ2v) is 8.35. The zero-order chi connectivity index (χ0) is 21.7. The number of para-hydroxylation sites is 3. The fourth-order valence-corrected chi connectivity index (χ4v) is 4.53. The number of nitrogens with one attached hydrogen (secondary N) is 1. The molecule has 6 nitrogen and oxygen atoms in total. The molecule has 0 saturated carbocycles. The Kier molecular flexibility index (Phi) is 6.10. The van der Waals surface area contributed by atoms with Gasteiger partial charge in [-0.1, -0.05) is 61.9 Å². The zero-order valence-corrected chi connectivity index (χ0v) is 17.9. The maximum absolute atomic E-state index is 13.9. The van der Waals surface area contributed by atoms with Gasteiger partial charge in [0.1, 0.15) is 11.5 Å². The SMILES string of the molecule is CCCc1c(OP(=O)(Oc2ccccc2)Oc2ccccc2)c2ccccc2[nH]c1=O. The Morgan fingerprint density at radius 1 is 0.774 bits per heavy atom. The number of aromatic amines is 1. The number of pyridine rings is 1. The van der Waals surface area contributed by atoms with Gasteiger partial charge in [-0.25, -0.2) is 0 Å². The topological polar surface area (TPSA) is 77.6 Å². The number of H-pyrrole nitrogens is 1. The highest BCUT2D eigenvalue weighted by molar-refractivity contribution is 7.49. The molecule has 0 spiro atoms. The van der Waals surface area contributed by atoms with Crippen molar-refractivity contribution < 1.29 is 18.1 Å². The normalized spacial score (nSPS) is 11.3. The van der Waals surface area contributed by atoms with Crippen LogP contribution in [0.25, 0.3) is 10.9 Å². The van der Waals surface area contributed by atoms with Gasteiger partial charge in [0.2, 0.25) is 0 Å². The minimum Gasteiger partial charge on any atom is -0.386 e. The fraction of sp³-hybridized carbons (Fsp3) is 0.125. The lowest BCUT2D eigenvalue weighted by molar-refractivity contribution is 0.298. The Balaban J connectivity index is 1.83. The van der Waals surface area contributed by atoms with Crippen molar-refractivity contribution in [2.75, 3.05) is 0 Å². The van der Waals surface area contributed by atoms with E-state index < -0.39 is 7.82 Å². The molecule has 158 valence electrons. The van der Waals surface area contributed by atoms with Crippen molar-refractivity contribution in [1.29, 1.82) is 0 Å². The quantitative estimate of drug-likeness (QED) is 0.337. The van der Waals surface area contributed by atoms with Gasteiger partial charge in [0, 0.05) is 5.39 Å². The van der Waals surface area contributed by atoms with Crippen molar-refractivity contribution in [2.45, 2.75) is 19.8 Å². The molecule has 1 N–H and O–H groups in total. The minimum atomic E-state index is -4.21. The summed E-state index contributed by atoms with van der Waals surface area (Å²) in [4.78, 5) is 15.6. The predicted molar refractivity (Wildman–Crippen MR) is 121 cm³/mol. The van der Waals surface area contributed by atoms with E-state index in [0.717, 1.165) is 0 Å². The first-order chi connectivity index (χ1) is 15.1. The average Bonchev–Trinajstić information content (AvgIpc) is 2.77. The Morgan fingerprint density at radius 2 is 1.32 bits per heavy atom. The lowest BCUT2D eigenvalue weighted by atomic mass is 10.1. The van der Waals surface area contributed by atoms with Gasteiger partial charge < -0.3 is 18.6 Å². The van der Waals surface area contributed by atoms with Gasteiger partial charge in [0.25, 0.3) is 5.56 Å². The Labute approximate surface area is 180 Å². The number of benzene rings is 3. The number of phosphoric acid groups is 1. The highest BCUT2D eigenvalue weighted by Crippen LogP contribution is 2.51. The van der Waals surface area contributed by atoms with Crippen molar-refractivity contribution in [3.63, 3.8) is 0 Å². The van der Waals surface area contributed by atoms with E-state index in [2.05, 4.69) is 4.98 Å². The third-order valence-corrected chi connectivity index (χ3v) is 5.87. The first-order valence-corrected chi connectivity index (χ1v) is 11.5. The van der Waals surface area contributed by atoms with Gasteiger partial charge in [-0.05, 0) is 42.8 Å². The molecule has 0 radical (unpaired) electrons. The monoisotopic (exact) mass is 435 g/mol. The van der Waals surface area contributed by atoms with E-state index in [1.165, 1.54) is 0 Å². The number of hydrogen-bond donors (Lipinski definition) is 1. The van der Waals surface area contributed by atoms with Crippen LogP contribution in [0.15, 0.2) is 89.7 Å². The maximum atomic E-state index is 13.9. The van der Waals surface area contributed by atoms with Crippen LogP contribution in [-0.4, -0.2) is 4.98 Å². The molecule has 0 saturated heterocycles. The van der Waals surface area contributed by atoms with Crippen LogP contribution in [0.4, 0.5) is 0 Å². The van der Waals surface area contributed by atoms with E-state index in [-0.39, 0.29) is 11.3 Å². The van der Waals surface area contributed by atoms with Crippen LogP contribution in [0.1, 0.15) is 18.9 Å². The number of hydrogen-bond acceptors (Lipinski definition) is 5. The molecule has 0 atom stereocenters. The van der Waals surface area contributed by atoms with E-state index in [1.807, 2.05) is 31.2 Å². The largest absolute Gasteiger partial charge is 0.647 e. The number of phosphoric ester groups is 1. The average molecular weight is 435 g/mol. The van der Waals surface area contributed by atoms with Crippen molar-refractivity contribution in [3.05, 3.63) is 101 Å². The third-order valence-electron chi connectivity index (χ3n) is 4.59. The fourth-order valence-electron chi connectivity index (χ4n) is 3.22. The minimum absolute atomic E-state index is 0.205. The number of fused-ring (bicyclic) bond motifs is 1. The predicted octanol–water partition coefficient (Wildman–Crippen LogP) is 6.13. The van der Waals surface area contributed by atoms with Crippen LogP contribution >= 0.6 is 7.82 Å². The summed E-state index contributed by atoms with van der Waals surface area (Å²) in [5.41, 5.74) is 0.685. The molecule has 0 aliphatic rings. The number of rotatable bonds is 8. The van der Waals surface area contributed by atoms with Gasteiger partial charge in [0.05, 0.1) is 11.1 Å².